The van der Waals surface area contributed by atoms with E-state index in [2.05, 4.69) is 16.4 Å². The first-order chi connectivity index (χ1) is 6.72. The van der Waals surface area contributed by atoms with Crippen LogP contribution in [0.3, 0.4) is 0 Å². The van der Waals surface area contributed by atoms with Crippen LogP contribution in [0.1, 0.15) is 13.8 Å². The van der Waals surface area contributed by atoms with Crippen molar-refractivity contribution < 1.29 is 0 Å². The summed E-state index contributed by atoms with van der Waals surface area (Å²) in [5.74, 6) is 0.752. The van der Waals surface area contributed by atoms with Crippen LogP contribution in [-0.4, -0.2) is 22.8 Å². The van der Waals surface area contributed by atoms with Gasteiger partial charge in [0.15, 0.2) is 0 Å². The van der Waals surface area contributed by atoms with Crippen LogP contribution in [0.25, 0.3) is 0 Å². The summed E-state index contributed by atoms with van der Waals surface area (Å²) in [6.07, 6.45) is 1.78. The molecule has 1 aromatic rings. The van der Waals surface area contributed by atoms with Gasteiger partial charge in [-0.05, 0) is 13.8 Å². The molecular weight excluding hydrogens is 214 g/mol. The maximum Gasteiger partial charge on any atom is 0.149 e. The van der Waals surface area contributed by atoms with E-state index in [9.17, 15) is 0 Å². The molecule has 14 heavy (non-hydrogen) atoms. The van der Waals surface area contributed by atoms with E-state index in [1.165, 1.54) is 0 Å². The first-order valence-corrected chi connectivity index (χ1v) is 6.27. The summed E-state index contributed by atoms with van der Waals surface area (Å²) in [6, 6.07) is 2.49. The summed E-state index contributed by atoms with van der Waals surface area (Å²) in [6.45, 7) is 4.08. The molecule has 76 valence electrons. The third-order valence-corrected chi connectivity index (χ3v) is 3.53. The van der Waals surface area contributed by atoms with Crippen molar-refractivity contribution in [3.8, 4) is 6.07 Å². The minimum atomic E-state index is -0.0936. The second-order valence-corrected chi connectivity index (χ2v) is 5.27. The first kappa shape index (κ1) is 11.5. The van der Waals surface area contributed by atoms with Crippen molar-refractivity contribution in [1.82, 2.24) is 10.3 Å². The van der Waals surface area contributed by atoms with Crippen LogP contribution < -0.4 is 5.32 Å². The molecule has 1 atom stereocenters. The van der Waals surface area contributed by atoms with Crippen molar-refractivity contribution in [2.45, 2.75) is 30.3 Å². The molecule has 0 saturated heterocycles. The van der Waals surface area contributed by atoms with E-state index < -0.39 is 0 Å². The summed E-state index contributed by atoms with van der Waals surface area (Å²) >= 11 is 3.23. The van der Waals surface area contributed by atoms with Crippen molar-refractivity contribution in [1.29, 1.82) is 5.26 Å². The van der Waals surface area contributed by atoms with Crippen LogP contribution in [0.15, 0.2) is 15.9 Å². The van der Waals surface area contributed by atoms with Crippen molar-refractivity contribution in [3.63, 3.8) is 0 Å². The maximum atomic E-state index is 8.86. The molecule has 1 aromatic heterocycles. The number of aromatic nitrogens is 1. The zero-order chi connectivity index (χ0) is 10.4. The van der Waals surface area contributed by atoms with Gasteiger partial charge in [-0.3, -0.25) is 5.32 Å². The third-order valence-electron chi connectivity index (χ3n) is 1.47. The molecular formula is C9H13N3S2. The highest BCUT2D eigenvalue weighted by Gasteiger charge is 2.09. The molecule has 0 spiro atoms. The number of thioether (sulfide) groups is 1. The molecule has 1 N–H and O–H groups in total. The van der Waals surface area contributed by atoms with Crippen LogP contribution >= 0.6 is 23.1 Å². The molecule has 0 saturated carbocycles. The summed E-state index contributed by atoms with van der Waals surface area (Å²) in [7, 11) is 0. The third kappa shape index (κ3) is 4.09. The van der Waals surface area contributed by atoms with Gasteiger partial charge < -0.3 is 0 Å². The van der Waals surface area contributed by atoms with Crippen LogP contribution in [-0.2, 0) is 0 Å². The molecule has 3 nitrogen and oxygen atoms in total. The van der Waals surface area contributed by atoms with Crippen LogP contribution in [0.4, 0.5) is 0 Å². The fourth-order valence-electron chi connectivity index (χ4n) is 0.961. The van der Waals surface area contributed by atoms with Gasteiger partial charge in [0, 0.05) is 23.4 Å². The van der Waals surface area contributed by atoms with Gasteiger partial charge in [-0.1, -0.05) is 11.8 Å². The molecule has 0 amide bonds. The number of hydrogen-bond acceptors (Lipinski definition) is 5. The van der Waals surface area contributed by atoms with E-state index in [0.29, 0.717) is 6.04 Å². The lowest BCUT2D eigenvalue weighted by Gasteiger charge is -2.12. The Morgan fingerprint density at radius 1 is 1.71 bits per heavy atom. The quantitative estimate of drug-likeness (QED) is 0.783. The van der Waals surface area contributed by atoms with Gasteiger partial charge >= 0.3 is 0 Å². The molecule has 0 aliphatic heterocycles. The number of nitrogens with zero attached hydrogens (tertiary/aromatic N) is 2. The van der Waals surface area contributed by atoms with E-state index in [1.807, 2.05) is 19.2 Å². The standard InChI is InChI=1S/C9H13N3S2/c1-7(2)12-8(5-10)6-14-9-11-3-4-13-9/h3-4,7-8,12H,6H2,1-2H3. The van der Waals surface area contributed by atoms with Crippen molar-refractivity contribution in [3.05, 3.63) is 11.6 Å². The normalized spacial score (nSPS) is 12.7. The minimum Gasteiger partial charge on any atom is -0.299 e. The smallest absolute Gasteiger partial charge is 0.149 e. The maximum absolute atomic E-state index is 8.86. The van der Waals surface area contributed by atoms with Crippen LogP contribution in [0, 0.1) is 11.3 Å². The van der Waals surface area contributed by atoms with Gasteiger partial charge in [-0.2, -0.15) is 5.26 Å². The van der Waals surface area contributed by atoms with E-state index >= 15 is 0 Å². The fourth-order valence-corrected chi connectivity index (χ4v) is 2.58. The Balaban J connectivity index is 2.32. The molecule has 1 unspecified atom stereocenters. The highest BCUT2D eigenvalue weighted by molar-refractivity contribution is 8.01. The molecule has 0 aliphatic rings. The summed E-state index contributed by atoms with van der Waals surface area (Å²) in [5, 5.41) is 14.0. The predicted molar refractivity (Wildman–Crippen MR) is 60.5 cm³/mol. The highest BCUT2D eigenvalue weighted by atomic mass is 32.2. The number of nitrogens with one attached hydrogen (secondary N) is 1. The van der Waals surface area contributed by atoms with Gasteiger partial charge in [-0.15, -0.1) is 11.3 Å². The van der Waals surface area contributed by atoms with E-state index in [-0.39, 0.29) is 6.04 Å². The second-order valence-electron chi connectivity index (χ2n) is 3.11. The molecule has 0 aromatic carbocycles. The second kappa shape index (κ2) is 6.02. The molecule has 0 bridgehead atoms. The molecule has 5 heteroatoms. The Bertz CT molecular complexity index is 290. The average molecular weight is 227 g/mol. The fraction of sp³-hybridized carbons (Fsp3) is 0.556. The zero-order valence-corrected chi connectivity index (χ0v) is 9.86. The first-order valence-electron chi connectivity index (χ1n) is 4.40. The topological polar surface area (TPSA) is 48.7 Å². The Hall–Kier alpha value is -0.570. The number of hydrogen-bond donors (Lipinski definition) is 1. The molecule has 1 rings (SSSR count). The van der Waals surface area contributed by atoms with Crippen molar-refractivity contribution in [2.75, 3.05) is 5.75 Å². The summed E-state index contributed by atoms with van der Waals surface area (Å²) in [5.41, 5.74) is 0. The Kier molecular flexibility index (Phi) is 4.94. The van der Waals surface area contributed by atoms with E-state index in [1.54, 1.807) is 29.3 Å². The Morgan fingerprint density at radius 3 is 3.00 bits per heavy atom. The van der Waals surface area contributed by atoms with Gasteiger partial charge in [0.25, 0.3) is 0 Å². The van der Waals surface area contributed by atoms with E-state index in [0.717, 1.165) is 10.1 Å². The molecule has 0 radical (unpaired) electrons. The highest BCUT2D eigenvalue weighted by Crippen LogP contribution is 2.20. The van der Waals surface area contributed by atoms with Crippen LogP contribution in [0.2, 0.25) is 0 Å². The summed E-state index contributed by atoms with van der Waals surface area (Å²) in [4.78, 5) is 4.15. The lowest BCUT2D eigenvalue weighted by Crippen LogP contribution is -2.35. The Labute approximate surface area is 92.5 Å². The SMILES string of the molecule is CC(C)NC(C#N)CSc1nccs1. The average Bonchev–Trinajstić information content (AvgIpc) is 2.64. The predicted octanol–water partition coefficient (Wildman–Crippen LogP) is 2.13. The molecule has 0 aliphatic carbocycles. The van der Waals surface area contributed by atoms with Gasteiger partial charge in [0.05, 0.1) is 6.07 Å². The number of rotatable bonds is 5. The van der Waals surface area contributed by atoms with Crippen LogP contribution in [0.5, 0.6) is 0 Å². The largest absolute Gasteiger partial charge is 0.299 e. The Morgan fingerprint density at radius 2 is 2.50 bits per heavy atom. The van der Waals surface area contributed by atoms with Gasteiger partial charge in [-0.25, -0.2) is 4.98 Å². The lowest BCUT2D eigenvalue weighted by atomic mass is 10.3. The number of nitriles is 1. The lowest BCUT2D eigenvalue weighted by molar-refractivity contribution is 0.560. The van der Waals surface area contributed by atoms with Gasteiger partial charge in [0.2, 0.25) is 0 Å². The summed E-state index contributed by atoms with van der Waals surface area (Å²) < 4.78 is 1.02. The molecule has 0 fully saturated rings. The van der Waals surface area contributed by atoms with E-state index in [4.69, 9.17) is 5.26 Å². The number of thiazole rings is 1. The van der Waals surface area contributed by atoms with Crippen molar-refractivity contribution in [2.24, 2.45) is 0 Å². The van der Waals surface area contributed by atoms with Crippen molar-refractivity contribution >= 4 is 23.1 Å². The monoisotopic (exact) mass is 227 g/mol. The minimum absolute atomic E-state index is 0.0936. The van der Waals surface area contributed by atoms with Gasteiger partial charge in [0.1, 0.15) is 10.4 Å². The molecule has 1 heterocycles. The zero-order valence-electron chi connectivity index (χ0n) is 8.23.